The molecule has 0 radical (unpaired) electrons. The Kier molecular flexibility index (Phi) is 2.73. The van der Waals surface area contributed by atoms with E-state index in [4.69, 9.17) is 5.73 Å². The summed E-state index contributed by atoms with van der Waals surface area (Å²) in [5.74, 6) is 0.0203. The van der Waals surface area contributed by atoms with Gasteiger partial charge in [-0.05, 0) is 19.8 Å². The minimum atomic E-state index is 0.0203. The predicted octanol–water partition coefficient (Wildman–Crippen LogP) is 0.361. The standard InChI is InChI=1S/C10H16N4O/c1-7-4-8(11)2-3-14(7)10(15)9-5-12-6-13-9/h5-8H,2-4,11H2,1H3,(H,12,13). The van der Waals surface area contributed by atoms with E-state index in [-0.39, 0.29) is 18.0 Å². The van der Waals surface area contributed by atoms with Crippen molar-refractivity contribution in [1.29, 1.82) is 0 Å². The van der Waals surface area contributed by atoms with E-state index < -0.39 is 0 Å². The van der Waals surface area contributed by atoms with Gasteiger partial charge in [0, 0.05) is 18.6 Å². The number of aromatic nitrogens is 2. The third kappa shape index (κ3) is 2.02. The van der Waals surface area contributed by atoms with Gasteiger partial charge in [-0.25, -0.2) is 4.98 Å². The molecule has 0 aliphatic carbocycles. The van der Waals surface area contributed by atoms with E-state index in [2.05, 4.69) is 9.97 Å². The first kappa shape index (κ1) is 10.2. The van der Waals surface area contributed by atoms with Crippen LogP contribution in [0.3, 0.4) is 0 Å². The maximum Gasteiger partial charge on any atom is 0.272 e. The third-order valence-corrected chi connectivity index (χ3v) is 2.91. The van der Waals surface area contributed by atoms with E-state index in [1.54, 1.807) is 6.20 Å². The number of nitrogens with zero attached hydrogens (tertiary/aromatic N) is 2. The first-order valence-electron chi connectivity index (χ1n) is 5.23. The normalized spacial score (nSPS) is 26.7. The van der Waals surface area contributed by atoms with Crippen molar-refractivity contribution in [3.05, 3.63) is 18.2 Å². The minimum absolute atomic E-state index is 0.0203. The van der Waals surface area contributed by atoms with Crippen molar-refractivity contribution < 1.29 is 4.79 Å². The Hall–Kier alpha value is -1.36. The van der Waals surface area contributed by atoms with Crippen LogP contribution in [-0.2, 0) is 0 Å². The van der Waals surface area contributed by atoms with Crippen LogP contribution >= 0.6 is 0 Å². The highest BCUT2D eigenvalue weighted by Gasteiger charge is 2.28. The van der Waals surface area contributed by atoms with E-state index in [1.807, 2.05) is 11.8 Å². The van der Waals surface area contributed by atoms with Gasteiger partial charge in [0.05, 0.1) is 12.5 Å². The summed E-state index contributed by atoms with van der Waals surface area (Å²) < 4.78 is 0. The zero-order chi connectivity index (χ0) is 10.8. The number of carbonyl (C=O) groups is 1. The van der Waals surface area contributed by atoms with Crippen molar-refractivity contribution in [2.24, 2.45) is 5.73 Å². The van der Waals surface area contributed by atoms with Gasteiger partial charge >= 0.3 is 0 Å². The summed E-state index contributed by atoms with van der Waals surface area (Å²) in [7, 11) is 0. The van der Waals surface area contributed by atoms with E-state index in [0.717, 1.165) is 19.4 Å². The molecule has 1 saturated heterocycles. The Morgan fingerprint density at radius 1 is 1.73 bits per heavy atom. The fourth-order valence-electron chi connectivity index (χ4n) is 2.04. The molecule has 5 heteroatoms. The summed E-state index contributed by atoms with van der Waals surface area (Å²) in [6.45, 7) is 2.77. The highest BCUT2D eigenvalue weighted by atomic mass is 16.2. The molecule has 2 unspecified atom stereocenters. The molecule has 1 aliphatic rings. The molecule has 1 amide bonds. The number of nitrogens with one attached hydrogen (secondary N) is 1. The van der Waals surface area contributed by atoms with Crippen molar-refractivity contribution >= 4 is 5.91 Å². The van der Waals surface area contributed by atoms with Crippen LogP contribution in [-0.4, -0.2) is 39.4 Å². The number of aromatic amines is 1. The Morgan fingerprint density at radius 3 is 3.13 bits per heavy atom. The summed E-state index contributed by atoms with van der Waals surface area (Å²) in [5, 5.41) is 0. The van der Waals surface area contributed by atoms with E-state index >= 15 is 0 Å². The fourth-order valence-corrected chi connectivity index (χ4v) is 2.04. The Labute approximate surface area is 88.7 Å². The molecule has 1 fully saturated rings. The molecule has 5 nitrogen and oxygen atoms in total. The molecule has 1 aromatic rings. The number of imidazole rings is 1. The molecule has 15 heavy (non-hydrogen) atoms. The van der Waals surface area contributed by atoms with Gasteiger partial charge in [0.1, 0.15) is 5.69 Å². The molecular formula is C10H16N4O. The van der Waals surface area contributed by atoms with Crippen molar-refractivity contribution in [3.63, 3.8) is 0 Å². The number of H-pyrrole nitrogens is 1. The first-order chi connectivity index (χ1) is 7.18. The molecular weight excluding hydrogens is 192 g/mol. The number of hydrogen-bond donors (Lipinski definition) is 2. The van der Waals surface area contributed by atoms with Crippen LogP contribution in [0.2, 0.25) is 0 Å². The molecule has 2 atom stereocenters. The van der Waals surface area contributed by atoms with Gasteiger partial charge < -0.3 is 15.6 Å². The number of piperidine rings is 1. The lowest BCUT2D eigenvalue weighted by Crippen LogP contribution is -2.48. The largest absolute Gasteiger partial charge is 0.341 e. The summed E-state index contributed by atoms with van der Waals surface area (Å²) in [6.07, 6.45) is 4.83. The van der Waals surface area contributed by atoms with Crippen LogP contribution < -0.4 is 5.73 Å². The SMILES string of the molecule is CC1CC(N)CCN1C(=O)c1cnc[nH]1. The van der Waals surface area contributed by atoms with Crippen LogP contribution in [0.4, 0.5) is 0 Å². The first-order valence-corrected chi connectivity index (χ1v) is 5.23. The summed E-state index contributed by atoms with van der Waals surface area (Å²) >= 11 is 0. The molecule has 0 spiro atoms. The van der Waals surface area contributed by atoms with Gasteiger partial charge in [-0.1, -0.05) is 0 Å². The Morgan fingerprint density at radius 2 is 2.53 bits per heavy atom. The van der Waals surface area contributed by atoms with Crippen LogP contribution in [0, 0.1) is 0 Å². The lowest BCUT2D eigenvalue weighted by Gasteiger charge is -2.36. The highest BCUT2D eigenvalue weighted by molar-refractivity contribution is 5.92. The van der Waals surface area contributed by atoms with Crippen molar-refractivity contribution in [2.75, 3.05) is 6.54 Å². The van der Waals surface area contributed by atoms with Crippen LogP contribution in [0.5, 0.6) is 0 Å². The fraction of sp³-hybridized carbons (Fsp3) is 0.600. The summed E-state index contributed by atoms with van der Waals surface area (Å²) in [4.78, 5) is 20.5. The quantitative estimate of drug-likeness (QED) is 0.699. The van der Waals surface area contributed by atoms with Crippen molar-refractivity contribution in [3.8, 4) is 0 Å². The Balaban J connectivity index is 2.08. The molecule has 82 valence electrons. The minimum Gasteiger partial charge on any atom is -0.341 e. The number of likely N-dealkylation sites (tertiary alicyclic amines) is 1. The highest BCUT2D eigenvalue weighted by Crippen LogP contribution is 2.17. The van der Waals surface area contributed by atoms with Crippen molar-refractivity contribution in [2.45, 2.75) is 31.8 Å². The summed E-state index contributed by atoms with van der Waals surface area (Å²) in [6, 6.07) is 0.440. The van der Waals surface area contributed by atoms with Gasteiger partial charge in [0.15, 0.2) is 0 Å². The molecule has 3 N–H and O–H groups in total. The van der Waals surface area contributed by atoms with E-state index in [1.165, 1.54) is 6.33 Å². The topological polar surface area (TPSA) is 75.0 Å². The van der Waals surface area contributed by atoms with Gasteiger partial charge in [-0.2, -0.15) is 0 Å². The van der Waals surface area contributed by atoms with Crippen LogP contribution in [0.25, 0.3) is 0 Å². The molecule has 2 heterocycles. The maximum atomic E-state index is 12.0. The second kappa shape index (κ2) is 4.02. The molecule has 0 saturated carbocycles. The molecule has 1 aromatic heterocycles. The summed E-state index contributed by atoms with van der Waals surface area (Å²) in [5.41, 5.74) is 6.40. The zero-order valence-electron chi connectivity index (χ0n) is 8.81. The van der Waals surface area contributed by atoms with Gasteiger partial charge in [-0.15, -0.1) is 0 Å². The zero-order valence-corrected chi connectivity index (χ0v) is 8.81. The second-order valence-corrected chi connectivity index (χ2v) is 4.10. The van der Waals surface area contributed by atoms with Crippen molar-refractivity contribution in [1.82, 2.24) is 14.9 Å². The average molecular weight is 208 g/mol. The lowest BCUT2D eigenvalue weighted by molar-refractivity contribution is 0.0613. The molecule has 1 aliphatic heterocycles. The van der Waals surface area contributed by atoms with E-state index in [0.29, 0.717) is 5.69 Å². The monoisotopic (exact) mass is 208 g/mol. The number of rotatable bonds is 1. The average Bonchev–Trinajstić information content (AvgIpc) is 2.69. The lowest BCUT2D eigenvalue weighted by atomic mass is 9.99. The predicted molar refractivity (Wildman–Crippen MR) is 56.3 cm³/mol. The third-order valence-electron chi connectivity index (χ3n) is 2.91. The van der Waals surface area contributed by atoms with Crippen LogP contribution in [0.1, 0.15) is 30.3 Å². The van der Waals surface area contributed by atoms with Crippen LogP contribution in [0.15, 0.2) is 12.5 Å². The van der Waals surface area contributed by atoms with E-state index in [9.17, 15) is 4.79 Å². The number of carbonyl (C=O) groups excluding carboxylic acids is 1. The number of nitrogens with two attached hydrogens (primary N) is 1. The maximum absolute atomic E-state index is 12.0. The molecule has 2 rings (SSSR count). The Bertz CT molecular complexity index is 335. The van der Waals surface area contributed by atoms with Gasteiger partial charge in [0.2, 0.25) is 0 Å². The molecule has 0 aromatic carbocycles. The second-order valence-electron chi connectivity index (χ2n) is 4.10. The smallest absolute Gasteiger partial charge is 0.272 e. The van der Waals surface area contributed by atoms with Gasteiger partial charge in [0.25, 0.3) is 5.91 Å². The van der Waals surface area contributed by atoms with Gasteiger partial charge in [-0.3, -0.25) is 4.79 Å². The molecule has 0 bridgehead atoms. The number of amides is 1. The number of hydrogen-bond acceptors (Lipinski definition) is 3.